The lowest BCUT2D eigenvalue weighted by molar-refractivity contribution is 0.319. The summed E-state index contributed by atoms with van der Waals surface area (Å²) in [7, 11) is 2.07. The van der Waals surface area contributed by atoms with Crippen LogP contribution in [0.1, 0.15) is 11.1 Å². The summed E-state index contributed by atoms with van der Waals surface area (Å²) in [6.07, 6.45) is 3.62. The van der Waals surface area contributed by atoms with E-state index in [4.69, 9.17) is 17.3 Å². The van der Waals surface area contributed by atoms with Crippen LogP contribution in [0.25, 0.3) is 0 Å². The molecule has 0 aliphatic heterocycles. The highest BCUT2D eigenvalue weighted by atomic mass is 35.5. The molecule has 2 rings (SSSR count). The molecule has 94 valence electrons. The van der Waals surface area contributed by atoms with Crippen molar-refractivity contribution in [2.75, 3.05) is 12.8 Å². The summed E-state index contributed by atoms with van der Waals surface area (Å²) in [5.41, 5.74) is 8.83. The molecule has 3 nitrogen and oxygen atoms in total. The number of hydrogen-bond acceptors (Lipinski definition) is 3. The fourth-order valence-corrected chi connectivity index (χ4v) is 1.98. The lowest BCUT2D eigenvalue weighted by atomic mass is 10.2. The Hall–Kier alpha value is -1.58. The van der Waals surface area contributed by atoms with E-state index in [1.54, 1.807) is 0 Å². The molecule has 0 unspecified atom stereocenters. The molecule has 1 aromatic heterocycles. The van der Waals surface area contributed by atoms with Crippen molar-refractivity contribution in [3.63, 3.8) is 0 Å². The number of anilines is 1. The maximum Gasteiger partial charge on any atom is 0.0635 e. The van der Waals surface area contributed by atoms with Crippen molar-refractivity contribution in [3.05, 3.63) is 58.9 Å². The molecular weight excluding hydrogens is 246 g/mol. The third-order valence-corrected chi connectivity index (χ3v) is 3.06. The fraction of sp³-hybridized carbons (Fsp3) is 0.214. The van der Waals surface area contributed by atoms with Gasteiger partial charge in [-0.1, -0.05) is 17.7 Å². The highest BCUT2D eigenvalue weighted by Crippen LogP contribution is 2.20. The minimum atomic E-state index is 0.607. The molecular formula is C14H16ClN3. The SMILES string of the molecule is CN(Cc1ccncc1)Cc1ccc(Cl)c(N)c1. The number of benzene rings is 1. The second-order valence-corrected chi connectivity index (χ2v) is 4.79. The first-order chi connectivity index (χ1) is 8.65. The first-order valence-electron chi connectivity index (χ1n) is 5.76. The number of aromatic nitrogens is 1. The summed E-state index contributed by atoms with van der Waals surface area (Å²) in [6.45, 7) is 1.72. The number of halogens is 1. The summed E-state index contributed by atoms with van der Waals surface area (Å²) >= 11 is 5.90. The second-order valence-electron chi connectivity index (χ2n) is 4.38. The van der Waals surface area contributed by atoms with Crippen LogP contribution in [0.4, 0.5) is 5.69 Å². The molecule has 0 aliphatic carbocycles. The van der Waals surface area contributed by atoms with Crippen LogP contribution in [0.15, 0.2) is 42.7 Å². The van der Waals surface area contributed by atoms with Crippen LogP contribution in [0.2, 0.25) is 5.02 Å². The van der Waals surface area contributed by atoms with E-state index >= 15 is 0 Å². The zero-order chi connectivity index (χ0) is 13.0. The summed E-state index contributed by atoms with van der Waals surface area (Å²) in [5.74, 6) is 0. The van der Waals surface area contributed by atoms with E-state index in [0.717, 1.165) is 18.7 Å². The number of nitrogens with two attached hydrogens (primary N) is 1. The van der Waals surface area contributed by atoms with Crippen LogP contribution >= 0.6 is 11.6 Å². The minimum Gasteiger partial charge on any atom is -0.398 e. The molecule has 0 atom stereocenters. The number of rotatable bonds is 4. The Morgan fingerprint density at radius 3 is 2.44 bits per heavy atom. The molecule has 2 N–H and O–H groups in total. The van der Waals surface area contributed by atoms with Crippen LogP contribution in [-0.4, -0.2) is 16.9 Å². The van der Waals surface area contributed by atoms with Crippen molar-refractivity contribution in [2.24, 2.45) is 0 Å². The Bertz CT molecular complexity index is 514. The monoisotopic (exact) mass is 261 g/mol. The number of nitrogen functional groups attached to an aromatic ring is 1. The zero-order valence-electron chi connectivity index (χ0n) is 10.3. The first-order valence-corrected chi connectivity index (χ1v) is 6.14. The number of nitrogens with zero attached hydrogens (tertiary/aromatic N) is 2. The fourth-order valence-electron chi connectivity index (χ4n) is 1.86. The van der Waals surface area contributed by atoms with Gasteiger partial charge in [0.1, 0.15) is 0 Å². The quantitative estimate of drug-likeness (QED) is 0.861. The maximum absolute atomic E-state index is 5.90. The summed E-state index contributed by atoms with van der Waals surface area (Å²) in [5, 5.41) is 0.607. The van der Waals surface area contributed by atoms with Crippen LogP contribution in [0.3, 0.4) is 0 Å². The third-order valence-electron chi connectivity index (χ3n) is 2.71. The van der Waals surface area contributed by atoms with Crippen molar-refractivity contribution in [2.45, 2.75) is 13.1 Å². The van der Waals surface area contributed by atoms with Gasteiger partial charge in [0.25, 0.3) is 0 Å². The second kappa shape index (κ2) is 5.85. The van der Waals surface area contributed by atoms with E-state index in [9.17, 15) is 0 Å². The summed E-state index contributed by atoms with van der Waals surface area (Å²) in [4.78, 5) is 6.23. The lowest BCUT2D eigenvalue weighted by Gasteiger charge is -2.17. The molecule has 0 fully saturated rings. The predicted molar refractivity (Wildman–Crippen MR) is 75.3 cm³/mol. The van der Waals surface area contributed by atoms with Gasteiger partial charge in [-0.15, -0.1) is 0 Å². The molecule has 0 saturated carbocycles. The Labute approximate surface area is 112 Å². The summed E-state index contributed by atoms with van der Waals surface area (Å²) < 4.78 is 0. The highest BCUT2D eigenvalue weighted by molar-refractivity contribution is 6.33. The molecule has 1 heterocycles. The molecule has 0 spiro atoms. The van der Waals surface area contributed by atoms with E-state index in [-0.39, 0.29) is 0 Å². The van der Waals surface area contributed by atoms with Crippen molar-refractivity contribution >= 4 is 17.3 Å². The summed E-state index contributed by atoms with van der Waals surface area (Å²) in [6, 6.07) is 9.80. The van der Waals surface area contributed by atoms with Gasteiger partial charge in [-0.05, 0) is 42.4 Å². The molecule has 1 aromatic carbocycles. The maximum atomic E-state index is 5.90. The number of pyridine rings is 1. The first kappa shape index (κ1) is 12.9. The lowest BCUT2D eigenvalue weighted by Crippen LogP contribution is -2.17. The molecule has 0 bridgehead atoms. The number of hydrogen-bond donors (Lipinski definition) is 1. The Morgan fingerprint density at radius 1 is 1.11 bits per heavy atom. The van der Waals surface area contributed by atoms with E-state index in [0.29, 0.717) is 10.7 Å². The van der Waals surface area contributed by atoms with Gasteiger partial charge in [0.15, 0.2) is 0 Å². The van der Waals surface area contributed by atoms with Crippen molar-refractivity contribution in [1.82, 2.24) is 9.88 Å². The standard InChI is InChI=1S/C14H16ClN3/c1-18(9-11-4-6-17-7-5-11)10-12-2-3-13(15)14(16)8-12/h2-8H,9-10,16H2,1H3. The highest BCUT2D eigenvalue weighted by Gasteiger charge is 2.03. The Balaban J connectivity index is 1.99. The molecule has 0 radical (unpaired) electrons. The minimum absolute atomic E-state index is 0.607. The Kier molecular flexibility index (Phi) is 4.18. The van der Waals surface area contributed by atoms with Gasteiger partial charge in [-0.2, -0.15) is 0 Å². The van der Waals surface area contributed by atoms with Crippen LogP contribution in [-0.2, 0) is 13.1 Å². The van der Waals surface area contributed by atoms with E-state index in [1.807, 2.05) is 42.7 Å². The van der Waals surface area contributed by atoms with Gasteiger partial charge >= 0.3 is 0 Å². The van der Waals surface area contributed by atoms with Gasteiger partial charge < -0.3 is 5.73 Å². The van der Waals surface area contributed by atoms with E-state index in [1.165, 1.54) is 5.56 Å². The molecule has 0 saturated heterocycles. The molecule has 0 aliphatic rings. The largest absolute Gasteiger partial charge is 0.398 e. The van der Waals surface area contributed by atoms with Gasteiger partial charge in [0.2, 0.25) is 0 Å². The van der Waals surface area contributed by atoms with Crippen molar-refractivity contribution in [3.8, 4) is 0 Å². The van der Waals surface area contributed by atoms with Gasteiger partial charge in [0.05, 0.1) is 10.7 Å². The van der Waals surface area contributed by atoms with Crippen molar-refractivity contribution < 1.29 is 0 Å². The van der Waals surface area contributed by atoms with Gasteiger partial charge in [-0.3, -0.25) is 9.88 Å². The van der Waals surface area contributed by atoms with Crippen LogP contribution in [0.5, 0.6) is 0 Å². The normalized spacial score (nSPS) is 10.8. The average molecular weight is 262 g/mol. The predicted octanol–water partition coefficient (Wildman–Crippen LogP) is 2.95. The van der Waals surface area contributed by atoms with Crippen LogP contribution in [0, 0.1) is 0 Å². The van der Waals surface area contributed by atoms with Gasteiger partial charge in [0, 0.05) is 25.5 Å². The smallest absolute Gasteiger partial charge is 0.0635 e. The topological polar surface area (TPSA) is 42.2 Å². The van der Waals surface area contributed by atoms with Gasteiger partial charge in [-0.25, -0.2) is 0 Å². The van der Waals surface area contributed by atoms with Crippen molar-refractivity contribution in [1.29, 1.82) is 0 Å². The third kappa shape index (κ3) is 3.45. The van der Waals surface area contributed by atoms with Crippen LogP contribution < -0.4 is 5.73 Å². The molecule has 18 heavy (non-hydrogen) atoms. The molecule has 4 heteroatoms. The average Bonchev–Trinajstić information content (AvgIpc) is 2.35. The Morgan fingerprint density at radius 2 is 1.78 bits per heavy atom. The zero-order valence-corrected chi connectivity index (χ0v) is 11.1. The van der Waals surface area contributed by atoms with E-state index in [2.05, 4.69) is 16.9 Å². The van der Waals surface area contributed by atoms with E-state index < -0.39 is 0 Å². The molecule has 0 amide bonds. The molecule has 2 aromatic rings.